The number of hydrogen-bond acceptors (Lipinski definition) is 5. The molecule has 1 aromatic carbocycles. The van der Waals surface area contributed by atoms with Gasteiger partial charge in [0.1, 0.15) is 11.8 Å². The summed E-state index contributed by atoms with van der Waals surface area (Å²) < 4.78 is 5.56. The third-order valence-corrected chi connectivity index (χ3v) is 5.01. The summed E-state index contributed by atoms with van der Waals surface area (Å²) in [6.45, 7) is 5.19. The lowest BCUT2D eigenvalue weighted by atomic mass is 10.0. The first-order valence-electron chi connectivity index (χ1n) is 9.69. The van der Waals surface area contributed by atoms with Gasteiger partial charge in [0.25, 0.3) is 5.91 Å². The lowest BCUT2D eigenvalue weighted by Crippen LogP contribution is -2.43. The summed E-state index contributed by atoms with van der Waals surface area (Å²) in [5, 5.41) is 9.48. The molecule has 29 heavy (non-hydrogen) atoms. The maximum atomic E-state index is 13.1. The number of nitrogens with one attached hydrogen (secondary N) is 1. The zero-order valence-electron chi connectivity index (χ0n) is 16.6. The van der Waals surface area contributed by atoms with Gasteiger partial charge in [0, 0.05) is 18.0 Å². The highest BCUT2D eigenvalue weighted by Crippen LogP contribution is 2.33. The second-order valence-corrected chi connectivity index (χ2v) is 7.22. The van der Waals surface area contributed by atoms with E-state index in [1.54, 1.807) is 29.4 Å². The normalized spacial score (nSPS) is 16.2. The Hall–Kier alpha value is -2.64. The van der Waals surface area contributed by atoms with Crippen LogP contribution in [0.1, 0.15) is 37.6 Å². The Morgan fingerprint density at radius 1 is 1.24 bits per heavy atom. The Balaban J connectivity index is 1.79. The molecular weight excluding hydrogens is 392 g/mol. The number of hydrazone groups is 1. The molecular formula is C21H25ClN4O3. The van der Waals surface area contributed by atoms with Crippen molar-refractivity contribution in [2.24, 2.45) is 5.10 Å². The third kappa shape index (κ3) is 5.25. The largest absolute Gasteiger partial charge is 0.467 e. The van der Waals surface area contributed by atoms with Crippen LogP contribution < -0.4 is 5.32 Å². The molecule has 0 fully saturated rings. The molecule has 1 N–H and O–H groups in total. The van der Waals surface area contributed by atoms with Crippen molar-refractivity contribution < 1.29 is 14.0 Å². The van der Waals surface area contributed by atoms with E-state index in [0.29, 0.717) is 30.3 Å². The van der Waals surface area contributed by atoms with Crippen molar-refractivity contribution in [3.8, 4) is 0 Å². The smallest absolute Gasteiger partial charge is 0.257 e. The maximum absolute atomic E-state index is 13.1. The maximum Gasteiger partial charge on any atom is 0.257 e. The van der Waals surface area contributed by atoms with Crippen molar-refractivity contribution in [1.29, 1.82) is 0 Å². The standard InChI is InChI=1S/C21H25ClN4O3/c1-3-23-20(27)13-25(4-2)14-21(28)26-18(19-6-5-11-29-19)12-17(24-26)15-7-9-16(22)10-8-15/h5-11,18H,3-4,12-14H2,1-2H3,(H,23,27)/t18-/m0/s1. The molecule has 1 aromatic heterocycles. The van der Waals surface area contributed by atoms with Crippen LogP contribution in [0.5, 0.6) is 0 Å². The lowest BCUT2D eigenvalue weighted by molar-refractivity contribution is -0.135. The van der Waals surface area contributed by atoms with Crippen LogP contribution >= 0.6 is 11.6 Å². The van der Waals surface area contributed by atoms with Crippen LogP contribution in [0.3, 0.4) is 0 Å². The molecule has 154 valence electrons. The first kappa shape index (κ1) is 21.1. The van der Waals surface area contributed by atoms with E-state index in [0.717, 1.165) is 11.3 Å². The molecule has 8 heteroatoms. The van der Waals surface area contributed by atoms with Crippen molar-refractivity contribution in [2.75, 3.05) is 26.2 Å². The number of likely N-dealkylation sites (N-methyl/N-ethyl adjacent to an activating group) is 2. The Kier molecular flexibility index (Phi) is 7.06. The van der Waals surface area contributed by atoms with Crippen LogP contribution in [0.4, 0.5) is 0 Å². The van der Waals surface area contributed by atoms with E-state index in [1.165, 1.54) is 5.01 Å². The first-order valence-corrected chi connectivity index (χ1v) is 10.1. The van der Waals surface area contributed by atoms with E-state index in [2.05, 4.69) is 10.4 Å². The molecule has 0 saturated heterocycles. The minimum atomic E-state index is -0.314. The highest BCUT2D eigenvalue weighted by Gasteiger charge is 2.35. The zero-order valence-corrected chi connectivity index (χ0v) is 17.4. The number of nitrogens with zero attached hydrogens (tertiary/aromatic N) is 3. The molecule has 2 heterocycles. The molecule has 1 atom stereocenters. The monoisotopic (exact) mass is 416 g/mol. The highest BCUT2D eigenvalue weighted by atomic mass is 35.5. The fraction of sp³-hybridized carbons (Fsp3) is 0.381. The van der Waals surface area contributed by atoms with Crippen molar-refractivity contribution in [1.82, 2.24) is 15.2 Å². The van der Waals surface area contributed by atoms with Crippen LogP contribution in [0.25, 0.3) is 0 Å². The quantitative estimate of drug-likeness (QED) is 0.717. The van der Waals surface area contributed by atoms with Gasteiger partial charge in [0.05, 0.1) is 25.1 Å². The zero-order chi connectivity index (χ0) is 20.8. The summed E-state index contributed by atoms with van der Waals surface area (Å²) in [6.07, 6.45) is 2.13. The molecule has 0 bridgehead atoms. The molecule has 0 saturated carbocycles. The number of carbonyl (C=O) groups excluding carboxylic acids is 2. The van der Waals surface area contributed by atoms with Crippen molar-refractivity contribution in [3.63, 3.8) is 0 Å². The summed E-state index contributed by atoms with van der Waals surface area (Å²) in [7, 11) is 0. The van der Waals surface area contributed by atoms with Gasteiger partial charge in [-0.1, -0.05) is 30.7 Å². The van der Waals surface area contributed by atoms with E-state index in [9.17, 15) is 9.59 Å². The van der Waals surface area contributed by atoms with Crippen LogP contribution in [0.2, 0.25) is 5.02 Å². The molecule has 1 aliphatic rings. The van der Waals surface area contributed by atoms with Crippen LogP contribution in [-0.2, 0) is 9.59 Å². The molecule has 7 nitrogen and oxygen atoms in total. The summed E-state index contributed by atoms with van der Waals surface area (Å²) in [5.74, 6) is 0.399. The van der Waals surface area contributed by atoms with E-state index in [4.69, 9.17) is 16.0 Å². The number of hydrogen-bond donors (Lipinski definition) is 1. The number of rotatable bonds is 8. The highest BCUT2D eigenvalue weighted by molar-refractivity contribution is 6.30. The Labute approximate surface area is 175 Å². The number of halogens is 1. The average molecular weight is 417 g/mol. The predicted molar refractivity (Wildman–Crippen MR) is 112 cm³/mol. The van der Waals surface area contributed by atoms with Gasteiger partial charge in [-0.2, -0.15) is 5.10 Å². The van der Waals surface area contributed by atoms with Gasteiger partial charge in [0.2, 0.25) is 5.91 Å². The second-order valence-electron chi connectivity index (χ2n) is 6.78. The van der Waals surface area contributed by atoms with Crippen LogP contribution in [0, 0.1) is 0 Å². The minimum absolute atomic E-state index is 0.0994. The van der Waals surface area contributed by atoms with Crippen molar-refractivity contribution in [3.05, 3.63) is 59.0 Å². The van der Waals surface area contributed by atoms with Crippen LogP contribution in [-0.4, -0.2) is 53.6 Å². The molecule has 0 aliphatic carbocycles. The average Bonchev–Trinajstić information content (AvgIpc) is 3.38. The fourth-order valence-electron chi connectivity index (χ4n) is 3.26. The minimum Gasteiger partial charge on any atom is -0.467 e. The van der Waals surface area contributed by atoms with Gasteiger partial charge >= 0.3 is 0 Å². The van der Waals surface area contributed by atoms with Gasteiger partial charge in [-0.25, -0.2) is 5.01 Å². The van der Waals surface area contributed by atoms with Gasteiger partial charge in [0.15, 0.2) is 0 Å². The molecule has 0 unspecified atom stereocenters. The summed E-state index contributed by atoms with van der Waals surface area (Å²) in [5.41, 5.74) is 1.71. The van der Waals surface area contributed by atoms with Gasteiger partial charge in [-0.15, -0.1) is 0 Å². The SMILES string of the molecule is CCNC(=O)CN(CC)CC(=O)N1N=C(c2ccc(Cl)cc2)C[C@H]1c1ccco1. The summed E-state index contributed by atoms with van der Waals surface area (Å²) in [4.78, 5) is 26.8. The Bertz CT molecular complexity index is 865. The van der Waals surface area contributed by atoms with E-state index in [-0.39, 0.29) is 30.9 Å². The van der Waals surface area contributed by atoms with E-state index in [1.807, 2.05) is 32.0 Å². The molecule has 1 aliphatic heterocycles. The van der Waals surface area contributed by atoms with E-state index >= 15 is 0 Å². The van der Waals surface area contributed by atoms with Crippen molar-refractivity contribution >= 4 is 29.1 Å². The van der Waals surface area contributed by atoms with Gasteiger partial charge in [-0.05, 0) is 43.3 Å². The molecule has 0 spiro atoms. The van der Waals surface area contributed by atoms with Gasteiger partial charge in [-0.3, -0.25) is 14.5 Å². The Morgan fingerprint density at radius 2 is 2.00 bits per heavy atom. The molecule has 2 aromatic rings. The number of carbonyl (C=O) groups is 2. The summed E-state index contributed by atoms with van der Waals surface area (Å²) in [6, 6.07) is 10.7. The number of furan rings is 1. The number of benzene rings is 1. The van der Waals surface area contributed by atoms with E-state index < -0.39 is 0 Å². The molecule has 3 rings (SSSR count). The summed E-state index contributed by atoms with van der Waals surface area (Å²) >= 11 is 5.99. The fourth-order valence-corrected chi connectivity index (χ4v) is 3.39. The number of amides is 2. The van der Waals surface area contributed by atoms with Crippen molar-refractivity contribution in [2.45, 2.75) is 26.3 Å². The topological polar surface area (TPSA) is 78.2 Å². The molecule has 2 amide bonds. The third-order valence-electron chi connectivity index (χ3n) is 4.76. The van der Waals surface area contributed by atoms with Gasteiger partial charge < -0.3 is 9.73 Å². The lowest BCUT2D eigenvalue weighted by Gasteiger charge is -2.24. The predicted octanol–water partition coefficient (Wildman–Crippen LogP) is 3.07. The second kappa shape index (κ2) is 9.71. The Morgan fingerprint density at radius 3 is 2.62 bits per heavy atom. The molecule has 0 radical (unpaired) electrons. The first-order chi connectivity index (χ1) is 14.0. The van der Waals surface area contributed by atoms with Crippen LogP contribution in [0.15, 0.2) is 52.2 Å².